The zero-order valence-electron chi connectivity index (χ0n) is 5.99. The van der Waals surface area contributed by atoms with E-state index in [0.29, 0.717) is 6.42 Å². The molecule has 1 aromatic rings. The van der Waals surface area contributed by atoms with E-state index >= 15 is 0 Å². The lowest BCUT2D eigenvalue weighted by molar-refractivity contribution is -0.137. The number of carboxylic acids is 1. The molecule has 0 bridgehead atoms. The molecule has 0 aromatic carbocycles. The third-order valence-electron chi connectivity index (χ3n) is 1.34. The van der Waals surface area contributed by atoms with Crippen molar-refractivity contribution in [3.05, 3.63) is 18.0 Å². The largest absolute Gasteiger partial charge is 0.481 e. The average molecular weight is 155 g/mol. The Hall–Kier alpha value is -1.32. The summed E-state index contributed by atoms with van der Waals surface area (Å²) >= 11 is 0. The molecule has 0 spiro atoms. The van der Waals surface area contributed by atoms with E-state index in [0.717, 1.165) is 12.0 Å². The molecule has 1 heterocycles. The summed E-state index contributed by atoms with van der Waals surface area (Å²) in [4.78, 5) is 10.1. The standard InChI is InChI=1S/C7H9NO3/c9-7(10)3-1-2-6-4-8-11-5-6/h4-5H,1-3H2,(H,9,10). The predicted octanol–water partition coefficient (Wildman–Crippen LogP) is 1.08. The number of rotatable bonds is 4. The fourth-order valence-electron chi connectivity index (χ4n) is 0.794. The molecule has 4 heteroatoms. The van der Waals surface area contributed by atoms with Crippen molar-refractivity contribution in [3.8, 4) is 0 Å². The van der Waals surface area contributed by atoms with E-state index in [1.807, 2.05) is 0 Å². The highest BCUT2D eigenvalue weighted by Gasteiger charge is 1.98. The number of aryl methyl sites for hydroxylation is 1. The monoisotopic (exact) mass is 155 g/mol. The molecule has 60 valence electrons. The first-order valence-corrected chi connectivity index (χ1v) is 3.39. The van der Waals surface area contributed by atoms with Crippen molar-refractivity contribution in [2.24, 2.45) is 0 Å². The Morgan fingerprint density at radius 2 is 2.55 bits per heavy atom. The van der Waals surface area contributed by atoms with E-state index in [1.54, 1.807) is 6.20 Å². The van der Waals surface area contributed by atoms with Gasteiger partial charge in [-0.15, -0.1) is 0 Å². The first-order chi connectivity index (χ1) is 5.29. The van der Waals surface area contributed by atoms with Crippen LogP contribution >= 0.6 is 0 Å². The molecule has 11 heavy (non-hydrogen) atoms. The maximum absolute atomic E-state index is 10.1. The second kappa shape index (κ2) is 3.75. The van der Waals surface area contributed by atoms with Crippen molar-refractivity contribution >= 4 is 5.97 Å². The molecule has 0 aliphatic rings. The zero-order valence-corrected chi connectivity index (χ0v) is 5.99. The van der Waals surface area contributed by atoms with Gasteiger partial charge in [-0.2, -0.15) is 0 Å². The zero-order chi connectivity index (χ0) is 8.10. The minimum Gasteiger partial charge on any atom is -0.481 e. The molecule has 0 atom stereocenters. The molecule has 4 nitrogen and oxygen atoms in total. The summed E-state index contributed by atoms with van der Waals surface area (Å²) in [6, 6.07) is 0. The van der Waals surface area contributed by atoms with Gasteiger partial charge in [0, 0.05) is 12.0 Å². The molecule has 0 saturated carbocycles. The summed E-state index contributed by atoms with van der Waals surface area (Å²) in [7, 11) is 0. The van der Waals surface area contributed by atoms with Gasteiger partial charge in [0.05, 0.1) is 6.20 Å². The number of carboxylic acid groups (broad SMARTS) is 1. The van der Waals surface area contributed by atoms with Gasteiger partial charge in [0.15, 0.2) is 0 Å². The molecule has 1 N–H and O–H groups in total. The second-order valence-electron chi connectivity index (χ2n) is 2.28. The fourth-order valence-corrected chi connectivity index (χ4v) is 0.794. The quantitative estimate of drug-likeness (QED) is 0.706. The van der Waals surface area contributed by atoms with E-state index in [-0.39, 0.29) is 6.42 Å². The third-order valence-corrected chi connectivity index (χ3v) is 1.34. The molecule has 0 aliphatic carbocycles. The number of aliphatic carboxylic acids is 1. The number of aromatic nitrogens is 1. The Labute approximate surface area is 63.8 Å². The second-order valence-corrected chi connectivity index (χ2v) is 2.28. The maximum atomic E-state index is 10.1. The van der Waals surface area contributed by atoms with E-state index in [1.165, 1.54) is 6.26 Å². The van der Waals surface area contributed by atoms with E-state index < -0.39 is 5.97 Å². The van der Waals surface area contributed by atoms with Gasteiger partial charge in [-0.3, -0.25) is 4.79 Å². The van der Waals surface area contributed by atoms with Gasteiger partial charge in [-0.1, -0.05) is 5.16 Å². The van der Waals surface area contributed by atoms with Crippen LogP contribution in [0.4, 0.5) is 0 Å². The lowest BCUT2D eigenvalue weighted by atomic mass is 10.2. The SMILES string of the molecule is O=C(O)CCCc1cnoc1. The lowest BCUT2D eigenvalue weighted by Crippen LogP contribution is -1.94. The third kappa shape index (κ3) is 2.84. The summed E-state index contributed by atoms with van der Waals surface area (Å²) in [6.07, 6.45) is 4.68. The molecule has 0 unspecified atom stereocenters. The van der Waals surface area contributed by atoms with Crippen molar-refractivity contribution in [1.82, 2.24) is 5.16 Å². The van der Waals surface area contributed by atoms with Crippen LogP contribution in [0.15, 0.2) is 17.0 Å². The van der Waals surface area contributed by atoms with Crippen LogP contribution in [0.1, 0.15) is 18.4 Å². The Morgan fingerprint density at radius 3 is 3.09 bits per heavy atom. The summed E-state index contributed by atoms with van der Waals surface area (Å²) < 4.78 is 4.57. The molecular formula is C7H9NO3. The Bertz CT molecular complexity index is 218. The summed E-state index contributed by atoms with van der Waals surface area (Å²) in [5.41, 5.74) is 0.950. The minimum atomic E-state index is -0.763. The Kier molecular flexibility index (Phi) is 2.66. The molecule has 0 aliphatic heterocycles. The molecule has 0 saturated heterocycles. The first-order valence-electron chi connectivity index (χ1n) is 3.39. The molecular weight excluding hydrogens is 146 g/mol. The Morgan fingerprint density at radius 1 is 1.73 bits per heavy atom. The smallest absolute Gasteiger partial charge is 0.303 e. The number of carbonyl (C=O) groups is 1. The van der Waals surface area contributed by atoms with Crippen molar-refractivity contribution in [1.29, 1.82) is 0 Å². The van der Waals surface area contributed by atoms with Crippen LogP contribution in [0.3, 0.4) is 0 Å². The Balaban J connectivity index is 2.19. The summed E-state index contributed by atoms with van der Waals surface area (Å²) in [5, 5.41) is 11.8. The van der Waals surface area contributed by atoms with E-state index in [4.69, 9.17) is 5.11 Å². The van der Waals surface area contributed by atoms with Crippen LogP contribution in [-0.4, -0.2) is 16.2 Å². The van der Waals surface area contributed by atoms with Gasteiger partial charge < -0.3 is 9.63 Å². The van der Waals surface area contributed by atoms with Crippen molar-refractivity contribution in [2.45, 2.75) is 19.3 Å². The van der Waals surface area contributed by atoms with Gasteiger partial charge in [0.1, 0.15) is 6.26 Å². The minimum absolute atomic E-state index is 0.200. The maximum Gasteiger partial charge on any atom is 0.303 e. The van der Waals surface area contributed by atoms with Gasteiger partial charge in [-0.05, 0) is 12.8 Å². The van der Waals surface area contributed by atoms with Crippen LogP contribution in [-0.2, 0) is 11.2 Å². The van der Waals surface area contributed by atoms with Crippen LogP contribution in [0.2, 0.25) is 0 Å². The lowest BCUT2D eigenvalue weighted by Gasteiger charge is -1.91. The summed E-state index contributed by atoms with van der Waals surface area (Å²) in [6.45, 7) is 0. The number of hydrogen-bond acceptors (Lipinski definition) is 3. The highest BCUT2D eigenvalue weighted by atomic mass is 16.5. The van der Waals surface area contributed by atoms with Crippen LogP contribution in [0, 0.1) is 0 Å². The van der Waals surface area contributed by atoms with Crippen molar-refractivity contribution < 1.29 is 14.4 Å². The predicted molar refractivity (Wildman–Crippen MR) is 37.1 cm³/mol. The van der Waals surface area contributed by atoms with E-state index in [2.05, 4.69) is 9.68 Å². The van der Waals surface area contributed by atoms with Gasteiger partial charge >= 0.3 is 5.97 Å². The van der Waals surface area contributed by atoms with E-state index in [9.17, 15) is 4.79 Å². The highest BCUT2D eigenvalue weighted by Crippen LogP contribution is 2.02. The van der Waals surface area contributed by atoms with Gasteiger partial charge in [0.2, 0.25) is 0 Å². The normalized spacial score (nSPS) is 9.82. The van der Waals surface area contributed by atoms with Crippen LogP contribution in [0.5, 0.6) is 0 Å². The first kappa shape index (κ1) is 7.78. The summed E-state index contributed by atoms with van der Waals surface area (Å²) in [5.74, 6) is -0.763. The highest BCUT2D eigenvalue weighted by molar-refractivity contribution is 5.66. The molecule has 0 fully saturated rings. The molecule has 1 rings (SSSR count). The fraction of sp³-hybridized carbons (Fsp3) is 0.429. The van der Waals surface area contributed by atoms with Crippen LogP contribution in [0.25, 0.3) is 0 Å². The van der Waals surface area contributed by atoms with Gasteiger partial charge in [0.25, 0.3) is 0 Å². The van der Waals surface area contributed by atoms with Crippen molar-refractivity contribution in [2.75, 3.05) is 0 Å². The number of nitrogens with zero attached hydrogens (tertiary/aromatic N) is 1. The number of hydrogen-bond donors (Lipinski definition) is 1. The molecule has 1 aromatic heterocycles. The molecule has 0 amide bonds. The van der Waals surface area contributed by atoms with Crippen LogP contribution < -0.4 is 0 Å². The molecule has 0 radical (unpaired) electrons. The van der Waals surface area contributed by atoms with Crippen molar-refractivity contribution in [3.63, 3.8) is 0 Å². The topological polar surface area (TPSA) is 63.3 Å². The average Bonchev–Trinajstić information content (AvgIpc) is 2.39. The van der Waals surface area contributed by atoms with Gasteiger partial charge in [-0.25, -0.2) is 0 Å².